The molecule has 4 amide bonds. The van der Waals surface area contributed by atoms with E-state index in [0.717, 1.165) is 19.3 Å². The van der Waals surface area contributed by atoms with Gasteiger partial charge in [0.15, 0.2) is 0 Å². The molecule has 7 nitrogen and oxygen atoms in total. The van der Waals surface area contributed by atoms with E-state index in [1.165, 1.54) is 19.3 Å². The Labute approximate surface area is 165 Å². The topological polar surface area (TPSA) is 81.8 Å². The van der Waals surface area contributed by atoms with Crippen molar-refractivity contribution in [2.45, 2.75) is 50.6 Å². The van der Waals surface area contributed by atoms with Gasteiger partial charge in [0.25, 0.3) is 0 Å². The molecule has 1 saturated carbocycles. The van der Waals surface area contributed by atoms with Gasteiger partial charge in [-0.3, -0.25) is 9.59 Å². The number of fused-ring (bicyclic) bond motifs is 1. The lowest BCUT2D eigenvalue weighted by molar-refractivity contribution is -0.152. The van der Waals surface area contributed by atoms with E-state index in [2.05, 4.69) is 10.6 Å². The maximum Gasteiger partial charge on any atom is 0.321 e. The number of benzene rings is 1. The van der Waals surface area contributed by atoms with Gasteiger partial charge in [-0.05, 0) is 24.5 Å². The number of carbonyl (C=O) groups is 3. The molecule has 2 atom stereocenters. The van der Waals surface area contributed by atoms with Crippen LogP contribution < -0.4 is 10.6 Å². The minimum absolute atomic E-state index is 0.0123. The maximum absolute atomic E-state index is 12.9. The first-order valence-electron chi connectivity index (χ1n) is 10.3. The van der Waals surface area contributed by atoms with E-state index in [0.29, 0.717) is 24.7 Å². The SMILES string of the molecule is O=C1N[C@@H](CC2CCCCC2)C(=O)N2CCN(C(=O)Nc3ccccc3)C[C@@H]12. The zero-order chi connectivity index (χ0) is 19.5. The number of piperazine rings is 2. The fourth-order valence-electron chi connectivity index (χ4n) is 4.63. The molecule has 1 aromatic rings. The monoisotopic (exact) mass is 384 g/mol. The van der Waals surface area contributed by atoms with Gasteiger partial charge in [0, 0.05) is 18.8 Å². The van der Waals surface area contributed by atoms with Gasteiger partial charge in [0.1, 0.15) is 12.1 Å². The quantitative estimate of drug-likeness (QED) is 0.838. The Balaban J connectivity index is 1.36. The average molecular weight is 384 g/mol. The van der Waals surface area contributed by atoms with Crippen LogP contribution in [0.4, 0.5) is 10.5 Å². The van der Waals surface area contributed by atoms with Gasteiger partial charge in [0.05, 0.1) is 6.54 Å². The Hall–Kier alpha value is -2.57. The molecule has 2 aliphatic heterocycles. The molecule has 0 radical (unpaired) electrons. The van der Waals surface area contributed by atoms with Crippen LogP contribution >= 0.6 is 0 Å². The molecule has 2 N–H and O–H groups in total. The summed E-state index contributed by atoms with van der Waals surface area (Å²) >= 11 is 0. The van der Waals surface area contributed by atoms with E-state index >= 15 is 0 Å². The summed E-state index contributed by atoms with van der Waals surface area (Å²) in [6.45, 7) is 1.07. The number of urea groups is 1. The van der Waals surface area contributed by atoms with Gasteiger partial charge < -0.3 is 20.4 Å². The number of nitrogens with one attached hydrogen (secondary N) is 2. The average Bonchev–Trinajstić information content (AvgIpc) is 2.73. The first-order valence-corrected chi connectivity index (χ1v) is 10.3. The molecule has 3 aliphatic rings. The van der Waals surface area contributed by atoms with E-state index < -0.39 is 12.1 Å². The van der Waals surface area contributed by atoms with Crippen LogP contribution in [0.5, 0.6) is 0 Å². The lowest BCUT2D eigenvalue weighted by Gasteiger charge is -2.45. The fraction of sp³-hybridized carbons (Fsp3) is 0.571. The summed E-state index contributed by atoms with van der Waals surface area (Å²) in [7, 11) is 0. The van der Waals surface area contributed by atoms with Crippen LogP contribution in [0.25, 0.3) is 0 Å². The van der Waals surface area contributed by atoms with Crippen molar-refractivity contribution in [3.63, 3.8) is 0 Å². The first kappa shape index (κ1) is 18.8. The summed E-state index contributed by atoms with van der Waals surface area (Å²) in [5.41, 5.74) is 0.714. The van der Waals surface area contributed by atoms with Crippen molar-refractivity contribution in [1.29, 1.82) is 0 Å². The molecule has 2 saturated heterocycles. The first-order chi connectivity index (χ1) is 13.6. The molecule has 150 valence electrons. The highest BCUT2D eigenvalue weighted by Gasteiger charge is 2.44. The van der Waals surface area contributed by atoms with E-state index in [9.17, 15) is 14.4 Å². The molecular weight excluding hydrogens is 356 g/mol. The van der Waals surface area contributed by atoms with Crippen molar-refractivity contribution in [1.82, 2.24) is 15.1 Å². The third-order valence-electron chi connectivity index (χ3n) is 6.19. The van der Waals surface area contributed by atoms with Crippen LogP contribution in [0.15, 0.2) is 30.3 Å². The molecule has 0 unspecified atom stereocenters. The van der Waals surface area contributed by atoms with Gasteiger partial charge in [0.2, 0.25) is 11.8 Å². The number of hydrogen-bond donors (Lipinski definition) is 2. The minimum atomic E-state index is -0.592. The molecule has 2 heterocycles. The second-order valence-corrected chi connectivity index (χ2v) is 8.09. The highest BCUT2D eigenvalue weighted by molar-refractivity contribution is 5.98. The molecule has 0 spiro atoms. The Bertz CT molecular complexity index is 732. The third kappa shape index (κ3) is 3.98. The van der Waals surface area contributed by atoms with Gasteiger partial charge >= 0.3 is 6.03 Å². The van der Waals surface area contributed by atoms with Gasteiger partial charge in [-0.15, -0.1) is 0 Å². The highest BCUT2D eigenvalue weighted by atomic mass is 16.2. The number of para-hydroxylation sites is 1. The minimum Gasteiger partial charge on any atom is -0.342 e. The predicted molar refractivity (Wildman–Crippen MR) is 106 cm³/mol. The fourth-order valence-corrected chi connectivity index (χ4v) is 4.63. The van der Waals surface area contributed by atoms with Crippen molar-refractivity contribution in [3.8, 4) is 0 Å². The molecule has 1 aromatic carbocycles. The summed E-state index contributed by atoms with van der Waals surface area (Å²) in [4.78, 5) is 41.5. The van der Waals surface area contributed by atoms with Crippen LogP contribution in [0, 0.1) is 5.92 Å². The second-order valence-electron chi connectivity index (χ2n) is 8.09. The summed E-state index contributed by atoms with van der Waals surface area (Å²) in [5, 5.41) is 5.78. The number of rotatable bonds is 3. The third-order valence-corrected chi connectivity index (χ3v) is 6.19. The summed E-state index contributed by atoms with van der Waals surface area (Å²) in [6, 6.07) is 8.00. The van der Waals surface area contributed by atoms with E-state index in [1.807, 2.05) is 30.3 Å². The van der Waals surface area contributed by atoms with E-state index in [1.54, 1.807) is 9.80 Å². The van der Waals surface area contributed by atoms with E-state index in [-0.39, 0.29) is 24.4 Å². The molecule has 0 aromatic heterocycles. The number of amides is 4. The molecule has 0 bridgehead atoms. The van der Waals surface area contributed by atoms with Crippen LogP contribution in [0.2, 0.25) is 0 Å². The van der Waals surface area contributed by atoms with Crippen molar-refractivity contribution < 1.29 is 14.4 Å². The van der Waals surface area contributed by atoms with Crippen molar-refractivity contribution in [3.05, 3.63) is 30.3 Å². The normalized spacial score (nSPS) is 25.9. The van der Waals surface area contributed by atoms with Gasteiger partial charge in [-0.1, -0.05) is 50.3 Å². The van der Waals surface area contributed by atoms with Gasteiger partial charge in [-0.25, -0.2) is 4.79 Å². The maximum atomic E-state index is 12.9. The lowest BCUT2D eigenvalue weighted by atomic mass is 9.84. The number of hydrogen-bond acceptors (Lipinski definition) is 3. The molecule has 1 aliphatic carbocycles. The summed E-state index contributed by atoms with van der Waals surface area (Å²) < 4.78 is 0. The Kier molecular flexibility index (Phi) is 5.50. The number of anilines is 1. The Morgan fingerprint density at radius 1 is 1.07 bits per heavy atom. The zero-order valence-corrected chi connectivity index (χ0v) is 16.1. The molecule has 7 heteroatoms. The van der Waals surface area contributed by atoms with E-state index in [4.69, 9.17) is 0 Å². The molecule has 28 heavy (non-hydrogen) atoms. The number of nitrogens with zero attached hydrogens (tertiary/aromatic N) is 2. The molecule has 4 rings (SSSR count). The van der Waals surface area contributed by atoms with Crippen LogP contribution in [0.1, 0.15) is 38.5 Å². The zero-order valence-electron chi connectivity index (χ0n) is 16.1. The smallest absolute Gasteiger partial charge is 0.321 e. The van der Waals surface area contributed by atoms with Crippen molar-refractivity contribution in [2.75, 3.05) is 25.0 Å². The molecular formula is C21H28N4O3. The molecule has 3 fully saturated rings. The van der Waals surface area contributed by atoms with Gasteiger partial charge in [-0.2, -0.15) is 0 Å². The lowest BCUT2D eigenvalue weighted by Crippen LogP contribution is -2.70. The Morgan fingerprint density at radius 3 is 2.57 bits per heavy atom. The number of carbonyl (C=O) groups excluding carboxylic acids is 3. The van der Waals surface area contributed by atoms with Crippen LogP contribution in [0.3, 0.4) is 0 Å². The van der Waals surface area contributed by atoms with Crippen LogP contribution in [-0.2, 0) is 9.59 Å². The highest BCUT2D eigenvalue weighted by Crippen LogP contribution is 2.29. The summed E-state index contributed by atoms with van der Waals surface area (Å²) in [6.07, 6.45) is 6.75. The summed E-state index contributed by atoms with van der Waals surface area (Å²) in [5.74, 6) is 0.397. The van der Waals surface area contributed by atoms with Crippen LogP contribution in [-0.4, -0.2) is 59.4 Å². The Morgan fingerprint density at radius 2 is 1.82 bits per heavy atom. The van der Waals surface area contributed by atoms with Crippen molar-refractivity contribution >= 4 is 23.5 Å². The predicted octanol–water partition coefficient (Wildman–Crippen LogP) is 2.20. The largest absolute Gasteiger partial charge is 0.342 e. The van der Waals surface area contributed by atoms with Crippen molar-refractivity contribution in [2.24, 2.45) is 5.92 Å². The second kappa shape index (κ2) is 8.20. The standard InChI is InChI=1S/C21H28N4O3/c26-19-18-14-24(21(28)22-16-9-5-2-6-10-16)11-12-25(18)20(27)17(23-19)13-15-7-3-1-4-8-15/h2,5-6,9-10,15,17-18H,1,3-4,7-8,11-14H2,(H,22,28)(H,23,26)/t17-,18-/m0/s1.